The number of carbonyl (C=O) groups excluding carboxylic acids is 1. The van der Waals surface area contributed by atoms with E-state index >= 15 is 0 Å². The lowest BCUT2D eigenvalue weighted by molar-refractivity contribution is 0.102. The number of hydrogen-bond donors (Lipinski definition) is 1. The highest BCUT2D eigenvalue weighted by molar-refractivity contribution is 7.15. The van der Waals surface area contributed by atoms with Gasteiger partial charge in [-0.3, -0.25) is 10.1 Å². The quantitative estimate of drug-likeness (QED) is 0.527. The first-order valence-corrected chi connectivity index (χ1v) is 10.0. The first-order valence-electron chi connectivity index (χ1n) is 9.19. The summed E-state index contributed by atoms with van der Waals surface area (Å²) < 4.78 is 5.75. The third kappa shape index (κ3) is 5.41. The Hall–Kier alpha value is -2.66. The summed E-state index contributed by atoms with van der Waals surface area (Å²) in [6, 6.07) is 15.8. The molecule has 140 valence electrons. The molecule has 3 rings (SSSR count). The first-order chi connectivity index (χ1) is 13.2. The van der Waals surface area contributed by atoms with Gasteiger partial charge in [-0.2, -0.15) is 0 Å². The molecule has 0 aliphatic heterocycles. The summed E-state index contributed by atoms with van der Waals surface area (Å²) in [5, 5.41) is 3.50. The van der Waals surface area contributed by atoms with Crippen LogP contribution in [0.3, 0.4) is 0 Å². The minimum absolute atomic E-state index is 0.196. The molecule has 0 aliphatic rings. The fourth-order valence-corrected chi connectivity index (χ4v) is 3.47. The second-order valence-electron chi connectivity index (χ2n) is 6.45. The zero-order chi connectivity index (χ0) is 19.1. The normalized spacial score (nSPS) is 10.6. The fraction of sp³-hybridized carbons (Fsp3) is 0.273. The summed E-state index contributed by atoms with van der Waals surface area (Å²) in [7, 11) is 0. The Morgan fingerprint density at radius 1 is 1.15 bits per heavy atom. The van der Waals surface area contributed by atoms with E-state index in [1.165, 1.54) is 22.5 Å². The van der Waals surface area contributed by atoms with Crippen molar-refractivity contribution in [2.45, 2.75) is 33.1 Å². The molecule has 1 heterocycles. The van der Waals surface area contributed by atoms with Gasteiger partial charge >= 0.3 is 0 Å². The highest BCUT2D eigenvalue weighted by atomic mass is 32.1. The maximum Gasteiger partial charge on any atom is 0.261 e. The van der Waals surface area contributed by atoms with Crippen molar-refractivity contribution in [3.8, 4) is 5.75 Å². The number of thiazole rings is 1. The Balaban J connectivity index is 1.65. The van der Waals surface area contributed by atoms with E-state index in [2.05, 4.69) is 48.4 Å². The van der Waals surface area contributed by atoms with E-state index in [1.807, 2.05) is 24.4 Å². The second kappa shape index (κ2) is 9.33. The Kier molecular flexibility index (Phi) is 6.60. The highest BCUT2D eigenvalue weighted by Crippen LogP contribution is 2.24. The number of para-hydroxylation sites is 1. The average Bonchev–Trinajstić information content (AvgIpc) is 3.11. The largest absolute Gasteiger partial charge is 0.493 e. The van der Waals surface area contributed by atoms with Crippen molar-refractivity contribution < 1.29 is 9.53 Å². The van der Waals surface area contributed by atoms with Gasteiger partial charge in [0.05, 0.1) is 12.2 Å². The number of unbranched alkanes of at least 4 members (excludes halogenated alkanes) is 1. The topological polar surface area (TPSA) is 51.2 Å². The van der Waals surface area contributed by atoms with Crippen molar-refractivity contribution in [2.75, 3.05) is 11.9 Å². The molecule has 27 heavy (non-hydrogen) atoms. The molecule has 0 saturated heterocycles. The van der Waals surface area contributed by atoms with Crippen LogP contribution in [0, 0.1) is 6.92 Å². The molecule has 2 aromatic carbocycles. The van der Waals surface area contributed by atoms with Crippen LogP contribution in [0.25, 0.3) is 0 Å². The van der Waals surface area contributed by atoms with E-state index in [9.17, 15) is 4.79 Å². The highest BCUT2D eigenvalue weighted by Gasteiger charge is 2.14. The molecule has 1 aromatic heterocycles. The maximum atomic E-state index is 12.6. The zero-order valence-corrected chi connectivity index (χ0v) is 16.5. The van der Waals surface area contributed by atoms with Crippen LogP contribution < -0.4 is 10.1 Å². The van der Waals surface area contributed by atoms with Crippen molar-refractivity contribution >= 4 is 22.4 Å². The summed E-state index contributed by atoms with van der Waals surface area (Å²) in [5.41, 5.74) is 3.01. The van der Waals surface area contributed by atoms with Gasteiger partial charge in [-0.15, -0.1) is 11.3 Å². The average molecular weight is 381 g/mol. The van der Waals surface area contributed by atoms with Crippen LogP contribution in [-0.4, -0.2) is 17.5 Å². The standard InChI is InChI=1S/C22H24N2O2S/c1-3-4-13-26-20-8-6-5-7-19(20)21(25)24-22-23-15-18(27-22)14-17-11-9-16(2)10-12-17/h5-12,15H,3-4,13-14H2,1-2H3,(H,23,24,25). The lowest BCUT2D eigenvalue weighted by Crippen LogP contribution is -2.13. The van der Waals surface area contributed by atoms with Gasteiger partial charge in [-0.1, -0.05) is 55.3 Å². The number of aryl methyl sites for hydroxylation is 1. The first kappa shape index (κ1) is 19.1. The van der Waals surface area contributed by atoms with Gasteiger partial charge in [-0.05, 0) is 31.0 Å². The Labute approximate surface area is 164 Å². The number of hydrogen-bond acceptors (Lipinski definition) is 4. The second-order valence-corrected chi connectivity index (χ2v) is 7.56. The van der Waals surface area contributed by atoms with E-state index in [-0.39, 0.29) is 5.91 Å². The van der Waals surface area contributed by atoms with E-state index in [0.29, 0.717) is 23.1 Å². The van der Waals surface area contributed by atoms with Crippen LogP contribution in [0.5, 0.6) is 5.75 Å². The molecule has 4 nitrogen and oxygen atoms in total. The van der Waals surface area contributed by atoms with Crippen molar-refractivity contribution in [1.29, 1.82) is 0 Å². The Morgan fingerprint density at radius 2 is 1.93 bits per heavy atom. The van der Waals surface area contributed by atoms with Gasteiger partial charge in [0.2, 0.25) is 0 Å². The van der Waals surface area contributed by atoms with Gasteiger partial charge < -0.3 is 4.74 Å². The van der Waals surface area contributed by atoms with Crippen LogP contribution in [-0.2, 0) is 6.42 Å². The minimum Gasteiger partial charge on any atom is -0.493 e. The van der Waals surface area contributed by atoms with Gasteiger partial charge in [0.1, 0.15) is 5.75 Å². The van der Waals surface area contributed by atoms with Crippen molar-refractivity contribution in [3.63, 3.8) is 0 Å². The van der Waals surface area contributed by atoms with E-state index < -0.39 is 0 Å². The number of ether oxygens (including phenoxy) is 1. The molecule has 0 aliphatic carbocycles. The monoisotopic (exact) mass is 380 g/mol. The van der Waals surface area contributed by atoms with Crippen LogP contribution in [0.1, 0.15) is 46.1 Å². The number of aromatic nitrogens is 1. The summed E-state index contributed by atoms with van der Waals surface area (Å²) in [4.78, 5) is 18.1. The molecular weight excluding hydrogens is 356 g/mol. The molecule has 0 fully saturated rings. The smallest absolute Gasteiger partial charge is 0.261 e. The van der Waals surface area contributed by atoms with Crippen molar-refractivity contribution in [3.05, 3.63) is 76.3 Å². The summed E-state index contributed by atoms with van der Waals surface area (Å²) >= 11 is 1.50. The third-order valence-corrected chi connectivity index (χ3v) is 5.07. The van der Waals surface area contributed by atoms with Crippen LogP contribution in [0.15, 0.2) is 54.7 Å². The molecule has 5 heteroatoms. The predicted molar refractivity (Wildman–Crippen MR) is 111 cm³/mol. The number of rotatable bonds is 8. The van der Waals surface area contributed by atoms with E-state index in [0.717, 1.165) is 24.1 Å². The molecule has 0 radical (unpaired) electrons. The van der Waals surface area contributed by atoms with E-state index in [1.54, 1.807) is 6.07 Å². The molecular formula is C22H24N2O2S. The number of nitrogens with zero attached hydrogens (tertiary/aromatic N) is 1. The van der Waals surface area contributed by atoms with Gasteiger partial charge in [0.15, 0.2) is 5.13 Å². The summed E-state index contributed by atoms with van der Waals surface area (Å²) in [5.74, 6) is 0.415. The van der Waals surface area contributed by atoms with Gasteiger partial charge in [-0.25, -0.2) is 4.98 Å². The van der Waals surface area contributed by atoms with E-state index in [4.69, 9.17) is 4.74 Å². The Bertz CT molecular complexity index is 887. The molecule has 0 atom stereocenters. The zero-order valence-electron chi connectivity index (χ0n) is 15.7. The lowest BCUT2D eigenvalue weighted by atomic mass is 10.1. The maximum absolute atomic E-state index is 12.6. The molecule has 0 unspecified atom stereocenters. The molecule has 1 amide bonds. The summed E-state index contributed by atoms with van der Waals surface area (Å²) in [6.45, 7) is 4.80. The minimum atomic E-state index is -0.196. The summed E-state index contributed by atoms with van der Waals surface area (Å²) in [6.07, 6.45) is 4.65. The third-order valence-electron chi connectivity index (χ3n) is 4.16. The van der Waals surface area contributed by atoms with Crippen molar-refractivity contribution in [2.24, 2.45) is 0 Å². The van der Waals surface area contributed by atoms with Crippen molar-refractivity contribution in [1.82, 2.24) is 4.98 Å². The predicted octanol–water partition coefficient (Wildman–Crippen LogP) is 5.47. The fourth-order valence-electron chi connectivity index (χ4n) is 2.63. The van der Waals surface area contributed by atoms with Gasteiger partial charge in [0, 0.05) is 17.5 Å². The van der Waals surface area contributed by atoms with Crippen LogP contribution >= 0.6 is 11.3 Å². The number of amides is 1. The number of nitrogens with one attached hydrogen (secondary N) is 1. The van der Waals surface area contributed by atoms with Gasteiger partial charge in [0.25, 0.3) is 5.91 Å². The Morgan fingerprint density at radius 3 is 2.70 bits per heavy atom. The number of carbonyl (C=O) groups is 1. The molecule has 0 bridgehead atoms. The molecule has 0 saturated carbocycles. The van der Waals surface area contributed by atoms with Crippen LogP contribution in [0.4, 0.5) is 5.13 Å². The molecule has 0 spiro atoms. The number of benzene rings is 2. The SMILES string of the molecule is CCCCOc1ccccc1C(=O)Nc1ncc(Cc2ccc(C)cc2)s1. The number of anilines is 1. The molecule has 3 aromatic rings. The van der Waals surface area contributed by atoms with Crippen LogP contribution in [0.2, 0.25) is 0 Å². The molecule has 1 N–H and O–H groups in total. The lowest BCUT2D eigenvalue weighted by Gasteiger charge is -2.10.